The highest BCUT2D eigenvalue weighted by Crippen LogP contribution is 2.29. The predicted octanol–water partition coefficient (Wildman–Crippen LogP) is 3.00. The lowest BCUT2D eigenvalue weighted by atomic mass is 9.96. The van der Waals surface area contributed by atoms with Crippen LogP contribution in [-0.2, 0) is 0 Å². The highest BCUT2D eigenvalue weighted by Gasteiger charge is 2.13. The first kappa shape index (κ1) is 12.9. The van der Waals surface area contributed by atoms with Crippen LogP contribution in [0.1, 0.15) is 31.7 Å². The summed E-state index contributed by atoms with van der Waals surface area (Å²) in [6.07, 6.45) is 0.554. The molecule has 4 heteroatoms. The van der Waals surface area contributed by atoms with Gasteiger partial charge in [0.2, 0.25) is 0 Å². The van der Waals surface area contributed by atoms with Crippen molar-refractivity contribution in [2.24, 2.45) is 5.73 Å². The van der Waals surface area contributed by atoms with Gasteiger partial charge < -0.3 is 10.5 Å². The molecule has 0 saturated heterocycles. The zero-order valence-electron chi connectivity index (χ0n) is 9.50. The summed E-state index contributed by atoms with van der Waals surface area (Å²) >= 11 is 4.86. The van der Waals surface area contributed by atoms with Crippen LogP contribution in [0.5, 0.6) is 5.75 Å². The molecule has 1 aromatic rings. The average Bonchev–Trinajstić information content (AvgIpc) is 2.20. The largest absolute Gasteiger partial charge is 0.494 e. The fourth-order valence-electron chi connectivity index (χ4n) is 1.60. The van der Waals surface area contributed by atoms with Gasteiger partial charge in [0.25, 0.3) is 0 Å². The standard InChI is InChI=1S/C12H16FNOS/c1-3-15-11-5-4-9(13)7-10(11)8(2)6-12(14)16/h4-5,7-8H,3,6H2,1-2H3,(H2,14,16). The number of nitrogens with two attached hydrogens (primary N) is 1. The van der Waals surface area contributed by atoms with Gasteiger partial charge in [0.05, 0.1) is 11.6 Å². The molecule has 2 N–H and O–H groups in total. The summed E-state index contributed by atoms with van der Waals surface area (Å²) in [5.41, 5.74) is 6.30. The molecule has 0 spiro atoms. The Labute approximate surface area is 101 Å². The molecule has 1 atom stereocenters. The van der Waals surface area contributed by atoms with Gasteiger partial charge in [-0.1, -0.05) is 19.1 Å². The number of thiocarbonyl (C=S) groups is 1. The fourth-order valence-corrected chi connectivity index (χ4v) is 1.85. The van der Waals surface area contributed by atoms with Crippen LogP contribution in [0.15, 0.2) is 18.2 Å². The second kappa shape index (κ2) is 5.80. The van der Waals surface area contributed by atoms with E-state index in [9.17, 15) is 4.39 Å². The molecule has 0 amide bonds. The van der Waals surface area contributed by atoms with Crippen LogP contribution in [-0.4, -0.2) is 11.6 Å². The molecule has 0 aliphatic heterocycles. The molecular formula is C12H16FNOS. The second-order valence-electron chi connectivity index (χ2n) is 3.69. The summed E-state index contributed by atoms with van der Waals surface area (Å²) in [6.45, 7) is 4.40. The Morgan fingerprint density at radius 2 is 2.25 bits per heavy atom. The first-order valence-electron chi connectivity index (χ1n) is 5.25. The van der Waals surface area contributed by atoms with Crippen molar-refractivity contribution in [3.63, 3.8) is 0 Å². The summed E-state index contributed by atoms with van der Waals surface area (Å²) in [4.78, 5) is 0.430. The zero-order chi connectivity index (χ0) is 12.1. The molecule has 0 radical (unpaired) electrons. The molecule has 0 aliphatic rings. The number of halogens is 1. The van der Waals surface area contributed by atoms with Crippen LogP contribution in [0.2, 0.25) is 0 Å². The van der Waals surface area contributed by atoms with E-state index in [-0.39, 0.29) is 11.7 Å². The minimum Gasteiger partial charge on any atom is -0.494 e. The Hall–Kier alpha value is -1.16. The molecule has 1 rings (SSSR count). The minimum atomic E-state index is -0.270. The molecule has 2 nitrogen and oxygen atoms in total. The molecule has 0 bridgehead atoms. The molecule has 1 unspecified atom stereocenters. The number of hydrogen-bond donors (Lipinski definition) is 1. The van der Waals surface area contributed by atoms with E-state index in [1.54, 1.807) is 6.07 Å². The zero-order valence-corrected chi connectivity index (χ0v) is 10.3. The number of benzene rings is 1. The van der Waals surface area contributed by atoms with Crippen LogP contribution < -0.4 is 10.5 Å². The maximum atomic E-state index is 13.2. The lowest BCUT2D eigenvalue weighted by molar-refractivity contribution is 0.334. The van der Waals surface area contributed by atoms with Crippen molar-refractivity contribution in [1.82, 2.24) is 0 Å². The van der Waals surface area contributed by atoms with Gasteiger partial charge in [0.1, 0.15) is 11.6 Å². The Bertz CT molecular complexity index is 381. The van der Waals surface area contributed by atoms with Gasteiger partial charge in [-0.2, -0.15) is 0 Å². The van der Waals surface area contributed by atoms with Gasteiger partial charge >= 0.3 is 0 Å². The van der Waals surface area contributed by atoms with E-state index in [4.69, 9.17) is 22.7 Å². The van der Waals surface area contributed by atoms with E-state index in [0.717, 1.165) is 5.56 Å². The van der Waals surface area contributed by atoms with Crippen LogP contribution in [0, 0.1) is 5.82 Å². The lowest BCUT2D eigenvalue weighted by Crippen LogP contribution is -2.12. The third-order valence-corrected chi connectivity index (χ3v) is 2.48. The number of hydrogen-bond acceptors (Lipinski definition) is 2. The summed E-state index contributed by atoms with van der Waals surface area (Å²) in [6, 6.07) is 4.51. The van der Waals surface area contributed by atoms with E-state index in [1.165, 1.54) is 12.1 Å². The monoisotopic (exact) mass is 241 g/mol. The molecule has 0 aliphatic carbocycles. The SMILES string of the molecule is CCOc1ccc(F)cc1C(C)CC(N)=S. The average molecular weight is 241 g/mol. The summed E-state index contributed by atoms with van der Waals surface area (Å²) < 4.78 is 18.6. The van der Waals surface area contributed by atoms with Crippen LogP contribution >= 0.6 is 12.2 Å². The molecule has 88 valence electrons. The normalized spacial score (nSPS) is 12.2. The van der Waals surface area contributed by atoms with Crippen molar-refractivity contribution < 1.29 is 9.13 Å². The van der Waals surface area contributed by atoms with Crippen molar-refractivity contribution in [3.8, 4) is 5.75 Å². The van der Waals surface area contributed by atoms with E-state index in [0.29, 0.717) is 23.8 Å². The lowest BCUT2D eigenvalue weighted by Gasteiger charge is -2.16. The van der Waals surface area contributed by atoms with E-state index in [1.807, 2.05) is 13.8 Å². The number of rotatable bonds is 5. The highest BCUT2D eigenvalue weighted by atomic mass is 32.1. The van der Waals surface area contributed by atoms with Gasteiger partial charge in [0.15, 0.2) is 0 Å². The van der Waals surface area contributed by atoms with Crippen molar-refractivity contribution in [3.05, 3.63) is 29.6 Å². The van der Waals surface area contributed by atoms with Crippen molar-refractivity contribution in [1.29, 1.82) is 0 Å². The molecule has 0 aromatic heterocycles. The minimum absolute atomic E-state index is 0.0646. The Morgan fingerprint density at radius 1 is 1.56 bits per heavy atom. The third-order valence-electron chi connectivity index (χ3n) is 2.31. The van der Waals surface area contributed by atoms with Gasteiger partial charge in [-0.3, -0.25) is 0 Å². The van der Waals surface area contributed by atoms with E-state index in [2.05, 4.69) is 0 Å². The third kappa shape index (κ3) is 3.45. The molecule has 1 aromatic carbocycles. The Morgan fingerprint density at radius 3 is 2.81 bits per heavy atom. The molecule has 0 saturated carbocycles. The number of ether oxygens (including phenoxy) is 1. The highest BCUT2D eigenvalue weighted by molar-refractivity contribution is 7.80. The maximum Gasteiger partial charge on any atom is 0.123 e. The van der Waals surface area contributed by atoms with Crippen molar-refractivity contribution in [2.75, 3.05) is 6.61 Å². The van der Waals surface area contributed by atoms with E-state index < -0.39 is 0 Å². The molecule has 16 heavy (non-hydrogen) atoms. The van der Waals surface area contributed by atoms with Crippen molar-refractivity contribution in [2.45, 2.75) is 26.2 Å². The summed E-state index contributed by atoms with van der Waals surface area (Å²) in [7, 11) is 0. The predicted molar refractivity (Wildman–Crippen MR) is 67.4 cm³/mol. The van der Waals surface area contributed by atoms with E-state index >= 15 is 0 Å². The Kier molecular flexibility index (Phi) is 4.68. The fraction of sp³-hybridized carbons (Fsp3) is 0.417. The topological polar surface area (TPSA) is 35.2 Å². The van der Waals surface area contributed by atoms with Gasteiger partial charge in [-0.25, -0.2) is 4.39 Å². The summed E-state index contributed by atoms with van der Waals surface area (Å²) in [5, 5.41) is 0. The molecule has 0 fully saturated rings. The first-order chi connectivity index (χ1) is 7.54. The van der Waals surface area contributed by atoms with Gasteiger partial charge in [-0.05, 0) is 31.0 Å². The second-order valence-corrected chi connectivity index (χ2v) is 4.21. The molecular weight excluding hydrogens is 225 g/mol. The van der Waals surface area contributed by atoms with Crippen LogP contribution in [0.25, 0.3) is 0 Å². The van der Waals surface area contributed by atoms with Crippen molar-refractivity contribution >= 4 is 17.2 Å². The first-order valence-corrected chi connectivity index (χ1v) is 5.66. The maximum absolute atomic E-state index is 13.2. The quantitative estimate of drug-likeness (QED) is 0.805. The van der Waals surface area contributed by atoms with Gasteiger partial charge in [-0.15, -0.1) is 0 Å². The summed E-state index contributed by atoms with van der Waals surface area (Å²) in [5.74, 6) is 0.496. The van der Waals surface area contributed by atoms with Crippen LogP contribution in [0.4, 0.5) is 4.39 Å². The van der Waals surface area contributed by atoms with Crippen LogP contribution in [0.3, 0.4) is 0 Å². The van der Waals surface area contributed by atoms with Gasteiger partial charge in [0, 0.05) is 12.0 Å². The molecule has 0 heterocycles. The smallest absolute Gasteiger partial charge is 0.123 e. The Balaban J connectivity index is 2.98.